The van der Waals surface area contributed by atoms with Gasteiger partial charge >= 0.3 is 128 Å². The largest absolute Gasteiger partial charge is 0.369 e. The number of carbonyl (C=O) groups is 2. The SMILES string of the molecule is CCC[CH2][Sn]([CH2]CCC)([CH2]CCC)[c]1cncc(F)c1.CCc1cc(C2(c3ccc(F)c(-c4cncc(F)c4)c3)N=C(N)N(C)C2=O)cc(CC)n1.CCc1cc(C2(c3ccc(F)c(Br)c3)N=C(N)N(C)C2=O)cc(CC)n1. The Morgan fingerprint density at radius 1 is 0.526 bits per heavy atom. The number of aliphatic imine (C=N–C) groups is 2. The van der Waals surface area contributed by atoms with Gasteiger partial charge in [0, 0.05) is 54.2 Å². The molecule has 18 heteroatoms. The van der Waals surface area contributed by atoms with Crippen molar-refractivity contribution in [2.24, 2.45) is 21.5 Å². The maximum atomic E-state index is 14.8. The van der Waals surface area contributed by atoms with Crippen molar-refractivity contribution in [3.63, 3.8) is 0 Å². The van der Waals surface area contributed by atoms with Crippen molar-refractivity contribution in [3.05, 3.63) is 170 Å². The number of carbonyl (C=O) groups excluding carboxylic acids is 2. The molecular formula is C60H73BrF4N10O2Sn. The number of halogens is 5. The molecule has 414 valence electrons. The standard InChI is InChI=1S/C24H23F2N5O.C19H20BrFN4O.C5H3FN.3C4H9.Sn/c1-4-18-9-16(10-19(5-2)29-18)24(22(32)31(3)23(27)30-24)15-6-7-21(26)20(11-15)14-8-17(25)13-28-12-14;1-4-13-8-12(9-14(5-2)23-13)19(17(26)25(3)18(22)24-19)11-6-7-16(21)15(20)10-11;6-5-2-1-3-7-4-5;3*1-3-4-2;/h6-13H,4-5H2,1-3H3,(H2,27,30);6-10H,4-5H2,1-3H3,(H2,22,24);2-4H;3*1,3-4H2,2H3;. The number of aromatic nitrogens is 4. The van der Waals surface area contributed by atoms with Crippen LogP contribution in [0.15, 0.2) is 112 Å². The van der Waals surface area contributed by atoms with Gasteiger partial charge in [0.1, 0.15) is 17.5 Å². The van der Waals surface area contributed by atoms with Crippen LogP contribution in [0.2, 0.25) is 13.3 Å². The van der Waals surface area contributed by atoms with E-state index in [0.717, 1.165) is 41.8 Å². The molecule has 0 spiro atoms. The molecule has 6 aromatic rings. The Morgan fingerprint density at radius 3 is 1.31 bits per heavy atom. The van der Waals surface area contributed by atoms with Gasteiger partial charge < -0.3 is 11.5 Å². The summed E-state index contributed by atoms with van der Waals surface area (Å²) < 4.78 is 61.7. The number of amides is 2. The first kappa shape index (κ1) is 61.1. The minimum absolute atomic E-state index is 0.0567. The molecule has 2 aliphatic heterocycles. The molecule has 6 heterocycles. The number of rotatable bonds is 19. The summed E-state index contributed by atoms with van der Waals surface area (Å²) in [5.41, 5.74) is 15.2. The van der Waals surface area contributed by atoms with Crippen LogP contribution in [0, 0.1) is 23.3 Å². The van der Waals surface area contributed by atoms with Gasteiger partial charge in [0.05, 0.1) is 10.7 Å². The molecule has 4 N–H and O–H groups in total. The maximum absolute atomic E-state index is 14.8. The first-order chi connectivity index (χ1) is 37.3. The Kier molecular flexibility index (Phi) is 21.3. The Morgan fingerprint density at radius 2 is 0.936 bits per heavy atom. The van der Waals surface area contributed by atoms with Gasteiger partial charge in [0.25, 0.3) is 11.8 Å². The second-order valence-corrected chi connectivity index (χ2v) is 34.0. The molecule has 0 bridgehead atoms. The molecule has 0 aliphatic carbocycles. The molecule has 0 fully saturated rings. The van der Waals surface area contributed by atoms with Crippen LogP contribution in [0.5, 0.6) is 0 Å². The van der Waals surface area contributed by atoms with Crippen molar-refractivity contribution in [2.45, 2.75) is 137 Å². The first-order valence-electron chi connectivity index (χ1n) is 27.1. The van der Waals surface area contributed by atoms with Crippen LogP contribution < -0.4 is 15.0 Å². The van der Waals surface area contributed by atoms with Crippen LogP contribution in [0.25, 0.3) is 11.1 Å². The molecule has 2 aromatic carbocycles. The maximum Gasteiger partial charge on any atom is 0.266 e. The number of pyridine rings is 4. The predicted molar refractivity (Wildman–Crippen MR) is 309 cm³/mol. The number of hydrogen-bond donors (Lipinski definition) is 2. The third kappa shape index (κ3) is 13.1. The predicted octanol–water partition coefficient (Wildman–Crippen LogP) is 12.0. The average molecular weight is 1240 g/mol. The molecule has 2 unspecified atom stereocenters. The fourth-order valence-electron chi connectivity index (χ4n) is 10.1. The summed E-state index contributed by atoms with van der Waals surface area (Å²) >= 11 is 0.763. The van der Waals surface area contributed by atoms with E-state index < -0.39 is 46.9 Å². The summed E-state index contributed by atoms with van der Waals surface area (Å²) in [6.45, 7) is 14.8. The second kappa shape index (κ2) is 27.2. The first-order valence-corrected chi connectivity index (χ1v) is 35.3. The third-order valence-electron chi connectivity index (χ3n) is 14.7. The summed E-state index contributed by atoms with van der Waals surface area (Å²) in [5, 5.41) is 0. The number of guanidine groups is 2. The van der Waals surface area contributed by atoms with Crippen LogP contribution in [0.1, 0.15) is 132 Å². The van der Waals surface area contributed by atoms with Gasteiger partial charge in [-0.25, -0.2) is 23.2 Å². The number of benzene rings is 2. The molecule has 8 rings (SSSR count). The van der Waals surface area contributed by atoms with Crippen molar-refractivity contribution >= 4 is 61.6 Å². The van der Waals surface area contributed by atoms with Gasteiger partial charge in [-0.2, -0.15) is 0 Å². The number of hydrogen-bond acceptors (Lipinski definition) is 10. The zero-order valence-corrected chi connectivity index (χ0v) is 50.8. The molecule has 0 saturated heterocycles. The zero-order valence-electron chi connectivity index (χ0n) is 46.4. The van der Waals surface area contributed by atoms with Crippen molar-refractivity contribution in [3.8, 4) is 11.1 Å². The number of nitrogens with two attached hydrogens (primary N) is 2. The normalized spacial score (nSPS) is 17.1. The van der Waals surface area contributed by atoms with Gasteiger partial charge in [0.15, 0.2) is 23.0 Å². The van der Waals surface area contributed by atoms with Crippen molar-refractivity contribution in [2.75, 3.05) is 14.1 Å². The Hall–Kier alpha value is -6.08. The van der Waals surface area contributed by atoms with Gasteiger partial charge in [-0.05, 0) is 118 Å². The zero-order chi connectivity index (χ0) is 57.0. The Labute approximate surface area is 469 Å². The molecule has 12 nitrogen and oxygen atoms in total. The van der Waals surface area contributed by atoms with Crippen molar-refractivity contribution < 1.29 is 27.2 Å². The number of nitrogens with zero attached hydrogens (tertiary/aromatic N) is 8. The topological polar surface area (TPSA) is 169 Å². The van der Waals surface area contributed by atoms with Gasteiger partial charge in [-0.3, -0.25) is 34.3 Å². The molecule has 2 atom stereocenters. The number of aryl methyl sites for hydroxylation is 4. The Balaban J connectivity index is 0.000000195. The van der Waals surface area contributed by atoms with E-state index in [-0.39, 0.29) is 45.2 Å². The van der Waals surface area contributed by atoms with Crippen LogP contribution in [-0.4, -0.2) is 85.9 Å². The van der Waals surface area contributed by atoms with Crippen LogP contribution >= 0.6 is 15.9 Å². The van der Waals surface area contributed by atoms with E-state index in [9.17, 15) is 27.2 Å². The number of unbranched alkanes of at least 4 members (excludes halogenated alkanes) is 3. The van der Waals surface area contributed by atoms with Gasteiger partial charge in [0.2, 0.25) is 0 Å². The van der Waals surface area contributed by atoms with Gasteiger partial charge in [-0.1, -0.05) is 39.8 Å². The molecule has 78 heavy (non-hydrogen) atoms. The van der Waals surface area contributed by atoms with E-state index in [1.54, 1.807) is 26.2 Å². The Bertz CT molecular complexity index is 3090. The molecule has 0 saturated carbocycles. The summed E-state index contributed by atoms with van der Waals surface area (Å²) in [6.07, 6.45) is 16.2. The van der Waals surface area contributed by atoms with Crippen LogP contribution in [0.4, 0.5) is 17.6 Å². The summed E-state index contributed by atoms with van der Waals surface area (Å²) in [4.78, 5) is 55.7. The molecular weight excluding hydrogens is 1170 g/mol. The van der Waals surface area contributed by atoms with Crippen molar-refractivity contribution in [1.29, 1.82) is 0 Å². The molecule has 2 aliphatic rings. The van der Waals surface area contributed by atoms with E-state index >= 15 is 0 Å². The fraction of sp³-hybridized carbons (Fsp3) is 0.400. The summed E-state index contributed by atoms with van der Waals surface area (Å²) in [6, 6.07) is 19.2. The van der Waals surface area contributed by atoms with Crippen molar-refractivity contribution in [1.82, 2.24) is 29.7 Å². The smallest absolute Gasteiger partial charge is 0.266 e. The second-order valence-electron chi connectivity index (χ2n) is 19.9. The minimum Gasteiger partial charge on any atom is -0.369 e. The van der Waals surface area contributed by atoms with E-state index in [1.807, 2.05) is 64.2 Å². The quantitative estimate of drug-likeness (QED) is 0.0596. The summed E-state index contributed by atoms with van der Waals surface area (Å²) in [7, 11) is 3.14. The van der Waals surface area contributed by atoms with Crippen LogP contribution in [-0.2, 0) is 46.4 Å². The monoisotopic (exact) mass is 1240 g/mol. The average Bonchev–Trinajstić information content (AvgIpc) is 4.06. The summed E-state index contributed by atoms with van der Waals surface area (Å²) in [5.74, 6) is -2.15. The molecule has 0 radical (unpaired) electrons. The third-order valence-corrected chi connectivity index (χ3v) is 30.8. The minimum atomic E-state index is -2.44. The van der Waals surface area contributed by atoms with E-state index in [0.29, 0.717) is 35.1 Å². The molecule has 4 aromatic heterocycles. The van der Waals surface area contributed by atoms with E-state index in [2.05, 4.69) is 66.6 Å². The van der Waals surface area contributed by atoms with Gasteiger partial charge in [-0.15, -0.1) is 0 Å². The van der Waals surface area contributed by atoms with Crippen LogP contribution in [0.3, 0.4) is 0 Å². The van der Waals surface area contributed by atoms with E-state index in [1.165, 1.54) is 108 Å². The van der Waals surface area contributed by atoms with E-state index in [4.69, 9.17) is 11.5 Å². The number of likely N-dealkylation sites (N-methyl/N-ethyl adjacent to an activating group) is 2. The fourth-order valence-corrected chi connectivity index (χ4v) is 26.2. The molecule has 2 amide bonds.